The maximum atomic E-state index is 14.0. The second-order valence-corrected chi connectivity index (χ2v) is 9.33. The van der Waals surface area contributed by atoms with E-state index in [4.69, 9.17) is 0 Å². The van der Waals surface area contributed by atoms with E-state index in [1.54, 1.807) is 18.2 Å². The number of aliphatic hydroxyl groups is 1. The molecule has 0 saturated carbocycles. The minimum Gasteiger partial charge on any atom is -0.394 e. The molecule has 3 rings (SSSR count). The number of aliphatic hydroxyl groups excluding tert-OH is 1. The van der Waals surface area contributed by atoms with Gasteiger partial charge >= 0.3 is 0 Å². The summed E-state index contributed by atoms with van der Waals surface area (Å²) in [6.45, 7) is 2.69. The van der Waals surface area contributed by atoms with Gasteiger partial charge in [-0.25, -0.2) is 17.2 Å². The first-order chi connectivity index (χ1) is 14.8. The highest BCUT2D eigenvalue weighted by atomic mass is 32.2. The molecule has 0 heterocycles. The molecule has 0 spiro atoms. The lowest BCUT2D eigenvalue weighted by atomic mass is 10.0. The average Bonchev–Trinajstić information content (AvgIpc) is 2.74. The molecule has 1 unspecified atom stereocenters. The maximum absolute atomic E-state index is 14.0. The predicted octanol–water partition coefficient (Wildman–Crippen LogP) is 4.64. The van der Waals surface area contributed by atoms with Crippen molar-refractivity contribution in [3.05, 3.63) is 89.5 Å². The van der Waals surface area contributed by atoms with Crippen LogP contribution in [-0.2, 0) is 15.6 Å². The Morgan fingerprint density at radius 1 is 1.00 bits per heavy atom. The molecule has 0 saturated heterocycles. The van der Waals surface area contributed by atoms with Gasteiger partial charge in [-0.2, -0.15) is 0 Å². The van der Waals surface area contributed by atoms with E-state index >= 15 is 0 Å². The first-order valence-corrected chi connectivity index (χ1v) is 11.7. The van der Waals surface area contributed by atoms with E-state index in [0.717, 1.165) is 30.7 Å². The number of halogens is 2. The number of rotatable bonds is 9. The van der Waals surface area contributed by atoms with Crippen LogP contribution in [0.3, 0.4) is 0 Å². The third kappa shape index (κ3) is 5.76. The smallest absolute Gasteiger partial charge is 0.182 e. The summed E-state index contributed by atoms with van der Waals surface area (Å²) in [6.07, 6.45) is 0.919. The van der Waals surface area contributed by atoms with Gasteiger partial charge in [-0.3, -0.25) is 0 Å². The molecule has 3 aromatic rings. The molecule has 0 aliphatic carbocycles. The highest BCUT2D eigenvalue weighted by molar-refractivity contribution is 7.90. The zero-order valence-corrected chi connectivity index (χ0v) is 18.0. The van der Waals surface area contributed by atoms with E-state index in [1.165, 1.54) is 30.3 Å². The summed E-state index contributed by atoms with van der Waals surface area (Å²) in [6, 6.07) is 16.0. The van der Waals surface area contributed by atoms with Crippen LogP contribution in [0, 0.1) is 11.6 Å². The van der Waals surface area contributed by atoms with Crippen molar-refractivity contribution in [3.8, 4) is 11.1 Å². The zero-order valence-electron chi connectivity index (χ0n) is 17.2. The minimum absolute atomic E-state index is 0.0857. The fourth-order valence-electron chi connectivity index (χ4n) is 3.37. The Balaban J connectivity index is 1.80. The van der Waals surface area contributed by atoms with Crippen molar-refractivity contribution >= 4 is 9.84 Å². The van der Waals surface area contributed by atoms with Crippen molar-refractivity contribution < 1.29 is 22.3 Å². The normalized spacial score (nSPS) is 12.6. The monoisotopic (exact) mass is 445 g/mol. The van der Waals surface area contributed by atoms with Crippen LogP contribution in [0.5, 0.6) is 0 Å². The Morgan fingerprint density at radius 3 is 2.39 bits per heavy atom. The van der Waals surface area contributed by atoms with Crippen LogP contribution in [0.2, 0.25) is 0 Å². The molecule has 7 heteroatoms. The molecule has 0 aromatic heterocycles. The number of hydrogen-bond donors (Lipinski definition) is 2. The Bertz CT molecular complexity index is 1130. The predicted molar refractivity (Wildman–Crippen MR) is 117 cm³/mol. The Kier molecular flexibility index (Phi) is 7.54. The largest absolute Gasteiger partial charge is 0.394 e. The van der Waals surface area contributed by atoms with Crippen LogP contribution in [0.15, 0.2) is 71.6 Å². The molecule has 0 bridgehead atoms. The molecule has 0 aliphatic rings. The topological polar surface area (TPSA) is 66.4 Å². The first-order valence-electron chi connectivity index (χ1n) is 10.1. The second-order valence-electron chi connectivity index (χ2n) is 7.34. The lowest BCUT2D eigenvalue weighted by Crippen LogP contribution is -2.25. The summed E-state index contributed by atoms with van der Waals surface area (Å²) < 4.78 is 52.9. The summed E-state index contributed by atoms with van der Waals surface area (Å²) in [4.78, 5) is 0.118. The van der Waals surface area contributed by atoms with Gasteiger partial charge < -0.3 is 10.4 Å². The third-order valence-corrected chi connectivity index (χ3v) is 6.69. The third-order valence-electron chi connectivity index (χ3n) is 4.99. The molecule has 2 N–H and O–H groups in total. The van der Waals surface area contributed by atoms with Crippen LogP contribution >= 0.6 is 0 Å². The SMILES string of the molecule is CCCNC(CO)c1cccc(CS(=O)(=O)c2ccc(-c3ccc(F)cc3F)cc2)c1. The fourth-order valence-corrected chi connectivity index (χ4v) is 4.71. The minimum atomic E-state index is -3.63. The molecular weight excluding hydrogens is 420 g/mol. The van der Waals surface area contributed by atoms with Crippen molar-refractivity contribution in [1.82, 2.24) is 5.32 Å². The summed E-state index contributed by atoms with van der Waals surface area (Å²) in [5.41, 5.74) is 2.10. The number of benzene rings is 3. The van der Waals surface area contributed by atoms with Crippen LogP contribution in [0.1, 0.15) is 30.5 Å². The van der Waals surface area contributed by atoms with Gasteiger partial charge in [-0.15, -0.1) is 0 Å². The molecule has 31 heavy (non-hydrogen) atoms. The van der Waals surface area contributed by atoms with Crippen molar-refractivity contribution in [1.29, 1.82) is 0 Å². The number of hydrogen-bond acceptors (Lipinski definition) is 4. The Labute approximate surface area is 181 Å². The van der Waals surface area contributed by atoms with Gasteiger partial charge in [0.1, 0.15) is 11.6 Å². The lowest BCUT2D eigenvalue weighted by molar-refractivity contribution is 0.245. The standard InChI is InChI=1S/C24H25F2NO3S/c1-2-12-27-24(15-28)19-5-3-4-17(13-19)16-31(29,30)21-9-6-18(7-10-21)22-11-8-20(25)14-23(22)26/h3-11,13-14,24,27-28H,2,12,15-16H2,1H3. The van der Waals surface area contributed by atoms with E-state index in [1.807, 2.05) is 13.0 Å². The summed E-state index contributed by atoms with van der Waals surface area (Å²) in [7, 11) is -3.63. The summed E-state index contributed by atoms with van der Waals surface area (Å²) >= 11 is 0. The molecule has 0 aliphatic heterocycles. The highest BCUT2D eigenvalue weighted by Crippen LogP contribution is 2.26. The van der Waals surface area contributed by atoms with Crippen molar-refractivity contribution in [2.75, 3.05) is 13.2 Å². The molecule has 0 amide bonds. The first kappa shape index (κ1) is 23.1. The summed E-state index contributed by atoms with van der Waals surface area (Å²) in [5.74, 6) is -1.57. The fraction of sp³-hybridized carbons (Fsp3) is 0.250. The van der Waals surface area contributed by atoms with Crippen molar-refractivity contribution in [3.63, 3.8) is 0 Å². The maximum Gasteiger partial charge on any atom is 0.182 e. The van der Waals surface area contributed by atoms with E-state index in [2.05, 4.69) is 5.32 Å². The van der Waals surface area contributed by atoms with Gasteiger partial charge in [0.05, 0.1) is 23.3 Å². The lowest BCUT2D eigenvalue weighted by Gasteiger charge is -2.17. The molecule has 0 radical (unpaired) electrons. The Morgan fingerprint density at radius 2 is 1.74 bits per heavy atom. The van der Waals surface area contributed by atoms with E-state index in [9.17, 15) is 22.3 Å². The van der Waals surface area contributed by atoms with Gasteiger partial charge in [-0.05, 0) is 53.9 Å². The summed E-state index contributed by atoms with van der Waals surface area (Å²) in [5, 5.41) is 12.9. The zero-order chi connectivity index (χ0) is 22.4. The van der Waals surface area contributed by atoms with Crippen LogP contribution in [-0.4, -0.2) is 26.7 Å². The van der Waals surface area contributed by atoms with E-state index in [0.29, 0.717) is 11.1 Å². The number of nitrogens with one attached hydrogen (secondary N) is 1. The highest BCUT2D eigenvalue weighted by Gasteiger charge is 2.18. The van der Waals surface area contributed by atoms with Gasteiger partial charge in [0.25, 0.3) is 0 Å². The van der Waals surface area contributed by atoms with Gasteiger partial charge in [-0.1, -0.05) is 43.3 Å². The molecule has 4 nitrogen and oxygen atoms in total. The Hall–Kier alpha value is -2.61. The van der Waals surface area contributed by atoms with Crippen molar-refractivity contribution in [2.24, 2.45) is 0 Å². The van der Waals surface area contributed by atoms with Crippen LogP contribution in [0.25, 0.3) is 11.1 Å². The van der Waals surface area contributed by atoms with Gasteiger partial charge in [0, 0.05) is 11.6 Å². The van der Waals surface area contributed by atoms with Gasteiger partial charge in [0.2, 0.25) is 0 Å². The van der Waals surface area contributed by atoms with E-state index < -0.39 is 21.5 Å². The molecule has 0 fully saturated rings. The van der Waals surface area contributed by atoms with E-state index in [-0.39, 0.29) is 28.9 Å². The molecular formula is C24H25F2NO3S. The molecule has 1 atom stereocenters. The van der Waals surface area contributed by atoms with Crippen LogP contribution in [0.4, 0.5) is 8.78 Å². The van der Waals surface area contributed by atoms with Crippen LogP contribution < -0.4 is 5.32 Å². The van der Waals surface area contributed by atoms with Gasteiger partial charge in [0.15, 0.2) is 9.84 Å². The molecule has 3 aromatic carbocycles. The number of sulfone groups is 1. The quantitative estimate of drug-likeness (QED) is 0.504. The average molecular weight is 446 g/mol. The molecule has 164 valence electrons. The second kappa shape index (κ2) is 10.1. The van der Waals surface area contributed by atoms with Crippen molar-refractivity contribution in [2.45, 2.75) is 30.0 Å².